The van der Waals surface area contributed by atoms with Crippen molar-refractivity contribution in [2.75, 3.05) is 0 Å². The van der Waals surface area contributed by atoms with Crippen molar-refractivity contribution in [3.63, 3.8) is 0 Å². The van der Waals surface area contributed by atoms with Crippen molar-refractivity contribution in [2.45, 2.75) is 25.8 Å². The number of benzene rings is 2. The molecule has 3 aromatic rings. The Balaban J connectivity index is 1.93. The molecule has 1 atom stereocenters. The van der Waals surface area contributed by atoms with E-state index in [4.69, 9.17) is 5.73 Å². The standard InChI is InChI=1S/C18H21N3/c1-3-14-11-15(21(2)20-14)12-18(19)17-10-6-8-13-7-4-5-9-16(13)17/h4-11,18H,3,12,19H2,1-2H3. The highest BCUT2D eigenvalue weighted by Gasteiger charge is 2.13. The first kappa shape index (κ1) is 13.8. The molecule has 1 aromatic heterocycles. The first-order chi connectivity index (χ1) is 10.2. The van der Waals surface area contributed by atoms with Crippen molar-refractivity contribution in [1.82, 2.24) is 9.78 Å². The number of hydrogen-bond donors (Lipinski definition) is 1. The molecule has 2 aromatic carbocycles. The van der Waals surface area contributed by atoms with Crippen molar-refractivity contribution in [2.24, 2.45) is 12.8 Å². The van der Waals surface area contributed by atoms with Crippen LogP contribution in [0.4, 0.5) is 0 Å². The number of aromatic nitrogens is 2. The monoisotopic (exact) mass is 279 g/mol. The van der Waals surface area contributed by atoms with Gasteiger partial charge in [-0.05, 0) is 28.8 Å². The molecule has 0 aliphatic rings. The lowest BCUT2D eigenvalue weighted by molar-refractivity contribution is 0.640. The van der Waals surface area contributed by atoms with E-state index in [1.807, 2.05) is 11.7 Å². The molecule has 3 heteroatoms. The van der Waals surface area contributed by atoms with Crippen LogP contribution in [0, 0.1) is 0 Å². The van der Waals surface area contributed by atoms with Crippen LogP contribution in [0.15, 0.2) is 48.5 Å². The molecule has 21 heavy (non-hydrogen) atoms. The zero-order chi connectivity index (χ0) is 14.8. The number of aryl methyl sites for hydroxylation is 2. The minimum Gasteiger partial charge on any atom is -0.324 e. The molecule has 0 amide bonds. The van der Waals surface area contributed by atoms with E-state index in [9.17, 15) is 0 Å². The number of rotatable bonds is 4. The predicted molar refractivity (Wildman–Crippen MR) is 87.2 cm³/mol. The molecule has 0 spiro atoms. The van der Waals surface area contributed by atoms with Gasteiger partial charge < -0.3 is 5.73 Å². The Labute approximate surface area is 125 Å². The molecule has 3 nitrogen and oxygen atoms in total. The predicted octanol–water partition coefficient (Wildman–Crippen LogP) is 3.38. The first-order valence-corrected chi connectivity index (χ1v) is 7.44. The molecular formula is C18H21N3. The first-order valence-electron chi connectivity index (χ1n) is 7.44. The summed E-state index contributed by atoms with van der Waals surface area (Å²) in [4.78, 5) is 0. The largest absolute Gasteiger partial charge is 0.324 e. The molecule has 1 heterocycles. The van der Waals surface area contributed by atoms with E-state index in [2.05, 4.69) is 60.6 Å². The van der Waals surface area contributed by atoms with Crippen LogP contribution in [0.5, 0.6) is 0 Å². The Morgan fingerprint density at radius 1 is 1.14 bits per heavy atom. The van der Waals surface area contributed by atoms with Gasteiger partial charge in [-0.2, -0.15) is 5.10 Å². The van der Waals surface area contributed by atoms with Gasteiger partial charge in [0.25, 0.3) is 0 Å². The van der Waals surface area contributed by atoms with Crippen LogP contribution in [0.2, 0.25) is 0 Å². The highest BCUT2D eigenvalue weighted by Crippen LogP contribution is 2.25. The number of hydrogen-bond acceptors (Lipinski definition) is 2. The molecule has 0 saturated heterocycles. The second-order valence-corrected chi connectivity index (χ2v) is 5.48. The van der Waals surface area contributed by atoms with Crippen LogP contribution in [-0.4, -0.2) is 9.78 Å². The lowest BCUT2D eigenvalue weighted by atomic mass is 9.96. The SMILES string of the molecule is CCc1cc(CC(N)c2cccc3ccccc23)n(C)n1. The van der Waals surface area contributed by atoms with Crippen LogP contribution >= 0.6 is 0 Å². The Morgan fingerprint density at radius 3 is 2.67 bits per heavy atom. The molecule has 0 aliphatic heterocycles. The normalized spacial score (nSPS) is 12.7. The summed E-state index contributed by atoms with van der Waals surface area (Å²) in [7, 11) is 1.99. The quantitative estimate of drug-likeness (QED) is 0.795. The molecule has 0 radical (unpaired) electrons. The topological polar surface area (TPSA) is 43.8 Å². The smallest absolute Gasteiger partial charge is 0.0624 e. The van der Waals surface area contributed by atoms with Crippen molar-refractivity contribution in [3.8, 4) is 0 Å². The van der Waals surface area contributed by atoms with Gasteiger partial charge in [0.05, 0.1) is 5.69 Å². The Hall–Kier alpha value is -2.13. The van der Waals surface area contributed by atoms with E-state index in [0.717, 1.165) is 18.5 Å². The van der Waals surface area contributed by atoms with Crippen LogP contribution in [-0.2, 0) is 19.9 Å². The van der Waals surface area contributed by atoms with Gasteiger partial charge in [0.2, 0.25) is 0 Å². The maximum Gasteiger partial charge on any atom is 0.0624 e. The van der Waals surface area contributed by atoms with E-state index in [1.165, 1.54) is 22.0 Å². The molecule has 108 valence electrons. The lowest BCUT2D eigenvalue weighted by Crippen LogP contribution is -2.15. The summed E-state index contributed by atoms with van der Waals surface area (Å²) < 4.78 is 1.95. The summed E-state index contributed by atoms with van der Waals surface area (Å²) in [6, 6.07) is 16.9. The number of nitrogens with zero attached hydrogens (tertiary/aromatic N) is 2. The van der Waals surface area contributed by atoms with Crippen molar-refractivity contribution >= 4 is 10.8 Å². The summed E-state index contributed by atoms with van der Waals surface area (Å²) in [5.74, 6) is 0. The molecule has 1 unspecified atom stereocenters. The van der Waals surface area contributed by atoms with E-state index < -0.39 is 0 Å². The number of nitrogens with two attached hydrogens (primary N) is 1. The second-order valence-electron chi connectivity index (χ2n) is 5.48. The summed E-state index contributed by atoms with van der Waals surface area (Å²) in [5, 5.41) is 6.98. The Morgan fingerprint density at radius 2 is 1.90 bits per heavy atom. The Bertz CT molecular complexity index is 753. The molecule has 3 rings (SSSR count). The molecule has 2 N–H and O–H groups in total. The van der Waals surface area contributed by atoms with Crippen molar-refractivity contribution < 1.29 is 0 Å². The Kier molecular flexibility index (Phi) is 3.76. The van der Waals surface area contributed by atoms with E-state index in [1.54, 1.807) is 0 Å². The van der Waals surface area contributed by atoms with Gasteiger partial charge in [-0.25, -0.2) is 0 Å². The molecule has 0 fully saturated rings. The second kappa shape index (κ2) is 5.70. The summed E-state index contributed by atoms with van der Waals surface area (Å²) in [6.45, 7) is 2.12. The van der Waals surface area contributed by atoms with E-state index in [-0.39, 0.29) is 6.04 Å². The fraction of sp³-hybridized carbons (Fsp3) is 0.278. The minimum atomic E-state index is -0.0174. The molecule has 0 bridgehead atoms. The maximum atomic E-state index is 6.47. The van der Waals surface area contributed by atoms with Crippen molar-refractivity contribution in [1.29, 1.82) is 0 Å². The third kappa shape index (κ3) is 2.69. The van der Waals surface area contributed by atoms with Gasteiger partial charge in [-0.1, -0.05) is 49.4 Å². The zero-order valence-electron chi connectivity index (χ0n) is 12.6. The average Bonchev–Trinajstić information content (AvgIpc) is 2.87. The van der Waals surface area contributed by atoms with E-state index >= 15 is 0 Å². The van der Waals surface area contributed by atoms with Crippen LogP contribution in [0.1, 0.15) is 29.9 Å². The third-order valence-electron chi connectivity index (χ3n) is 4.04. The van der Waals surface area contributed by atoms with Crippen LogP contribution in [0.25, 0.3) is 10.8 Å². The summed E-state index contributed by atoms with van der Waals surface area (Å²) in [5.41, 5.74) is 9.98. The third-order valence-corrected chi connectivity index (χ3v) is 4.04. The minimum absolute atomic E-state index is 0.0174. The van der Waals surface area contributed by atoms with Crippen molar-refractivity contribution in [3.05, 3.63) is 65.5 Å². The van der Waals surface area contributed by atoms with Crippen LogP contribution < -0.4 is 5.73 Å². The maximum absolute atomic E-state index is 6.47. The van der Waals surface area contributed by atoms with Gasteiger partial charge in [0.15, 0.2) is 0 Å². The lowest BCUT2D eigenvalue weighted by Gasteiger charge is -2.15. The number of fused-ring (bicyclic) bond motifs is 1. The highest BCUT2D eigenvalue weighted by molar-refractivity contribution is 5.86. The van der Waals surface area contributed by atoms with E-state index in [0.29, 0.717) is 0 Å². The molecular weight excluding hydrogens is 258 g/mol. The molecule has 0 saturated carbocycles. The average molecular weight is 279 g/mol. The van der Waals surface area contributed by atoms with Gasteiger partial charge in [0.1, 0.15) is 0 Å². The van der Waals surface area contributed by atoms with Gasteiger partial charge >= 0.3 is 0 Å². The van der Waals surface area contributed by atoms with Crippen LogP contribution in [0.3, 0.4) is 0 Å². The zero-order valence-corrected chi connectivity index (χ0v) is 12.6. The summed E-state index contributed by atoms with van der Waals surface area (Å²) >= 11 is 0. The molecule has 0 aliphatic carbocycles. The highest BCUT2D eigenvalue weighted by atomic mass is 15.3. The van der Waals surface area contributed by atoms with Gasteiger partial charge in [0, 0.05) is 25.2 Å². The van der Waals surface area contributed by atoms with Gasteiger partial charge in [-0.3, -0.25) is 4.68 Å². The summed E-state index contributed by atoms with van der Waals surface area (Å²) in [6.07, 6.45) is 1.76. The van der Waals surface area contributed by atoms with Gasteiger partial charge in [-0.15, -0.1) is 0 Å². The fourth-order valence-corrected chi connectivity index (χ4v) is 2.84. The fourth-order valence-electron chi connectivity index (χ4n) is 2.84.